The quantitative estimate of drug-likeness (QED) is 0.373. The van der Waals surface area contributed by atoms with Crippen LogP contribution >= 0.6 is 0 Å². The summed E-state index contributed by atoms with van der Waals surface area (Å²) in [5.74, 6) is 0.149. The topological polar surface area (TPSA) is 65.1 Å². The van der Waals surface area contributed by atoms with Gasteiger partial charge in [-0.3, -0.25) is 0 Å². The molecule has 19 heavy (non-hydrogen) atoms. The summed E-state index contributed by atoms with van der Waals surface area (Å²) in [6, 6.07) is 8.46. The molecule has 1 atom stereocenters. The van der Waals surface area contributed by atoms with Gasteiger partial charge in [-0.1, -0.05) is 5.16 Å². The predicted octanol–water partition coefficient (Wildman–Crippen LogP) is 1.31. The van der Waals surface area contributed by atoms with E-state index in [1.54, 1.807) is 0 Å². The third kappa shape index (κ3) is 3.17. The van der Waals surface area contributed by atoms with E-state index in [4.69, 9.17) is 10.9 Å². The number of nitrogens with zero attached hydrogens (tertiary/aromatic N) is 3. The van der Waals surface area contributed by atoms with Crippen LogP contribution in [-0.2, 0) is 0 Å². The summed E-state index contributed by atoms with van der Waals surface area (Å²) < 4.78 is 0. The molecular formula is C14H22N4O. The zero-order valence-electron chi connectivity index (χ0n) is 11.6. The van der Waals surface area contributed by atoms with E-state index in [2.05, 4.69) is 29.1 Å². The average Bonchev–Trinajstić information content (AvgIpc) is 2.46. The molecule has 1 aliphatic rings. The molecule has 1 aromatic rings. The van der Waals surface area contributed by atoms with E-state index in [1.807, 2.05) is 24.3 Å². The SMILES string of the molecule is CN(C)C1CCCN(c2ccc(C(N)=NO)cc2)C1. The van der Waals surface area contributed by atoms with Gasteiger partial charge < -0.3 is 20.7 Å². The van der Waals surface area contributed by atoms with Gasteiger partial charge in [0.15, 0.2) is 5.84 Å². The van der Waals surface area contributed by atoms with Crippen molar-refractivity contribution in [3.05, 3.63) is 29.8 Å². The summed E-state index contributed by atoms with van der Waals surface area (Å²) >= 11 is 0. The second-order valence-electron chi connectivity index (χ2n) is 5.24. The number of anilines is 1. The highest BCUT2D eigenvalue weighted by molar-refractivity contribution is 5.97. The van der Waals surface area contributed by atoms with E-state index in [-0.39, 0.29) is 5.84 Å². The number of piperidine rings is 1. The van der Waals surface area contributed by atoms with Crippen LogP contribution in [0.5, 0.6) is 0 Å². The van der Waals surface area contributed by atoms with Gasteiger partial charge in [0.25, 0.3) is 0 Å². The Bertz CT molecular complexity index is 441. The van der Waals surface area contributed by atoms with E-state index in [1.165, 1.54) is 18.5 Å². The zero-order chi connectivity index (χ0) is 13.8. The summed E-state index contributed by atoms with van der Waals surface area (Å²) in [4.78, 5) is 4.68. The van der Waals surface area contributed by atoms with Crippen molar-refractivity contribution in [3.8, 4) is 0 Å². The van der Waals surface area contributed by atoms with Gasteiger partial charge >= 0.3 is 0 Å². The molecule has 104 valence electrons. The maximum absolute atomic E-state index is 8.65. The number of amidine groups is 1. The number of oxime groups is 1. The molecule has 0 bridgehead atoms. The third-order valence-corrected chi connectivity index (χ3v) is 3.76. The number of likely N-dealkylation sites (N-methyl/N-ethyl adjacent to an activating group) is 1. The molecule has 0 spiro atoms. The highest BCUT2D eigenvalue weighted by Gasteiger charge is 2.21. The molecule has 5 nitrogen and oxygen atoms in total. The highest BCUT2D eigenvalue weighted by atomic mass is 16.4. The van der Waals surface area contributed by atoms with Gasteiger partial charge in [-0.15, -0.1) is 0 Å². The summed E-state index contributed by atoms with van der Waals surface area (Å²) in [7, 11) is 4.27. The Balaban J connectivity index is 2.09. The molecule has 3 N–H and O–H groups in total. The molecule has 0 radical (unpaired) electrons. The molecule has 1 aromatic carbocycles. The van der Waals surface area contributed by atoms with E-state index in [0.29, 0.717) is 6.04 Å². The molecule has 0 aromatic heterocycles. The molecule has 1 saturated heterocycles. The van der Waals surface area contributed by atoms with Crippen LogP contribution in [0, 0.1) is 0 Å². The fourth-order valence-corrected chi connectivity index (χ4v) is 2.51. The number of rotatable bonds is 3. The lowest BCUT2D eigenvalue weighted by atomic mass is 10.0. The Hall–Kier alpha value is -1.75. The molecule has 1 fully saturated rings. The van der Waals surface area contributed by atoms with Crippen molar-refractivity contribution in [1.82, 2.24) is 4.90 Å². The standard InChI is InChI=1S/C14H22N4O/c1-17(2)13-4-3-9-18(10-13)12-7-5-11(6-8-12)14(15)16-19/h5-8,13,19H,3-4,9-10H2,1-2H3,(H2,15,16). The van der Waals surface area contributed by atoms with E-state index in [0.717, 1.165) is 18.7 Å². The Morgan fingerprint density at radius 3 is 2.63 bits per heavy atom. The first-order chi connectivity index (χ1) is 9.11. The van der Waals surface area contributed by atoms with Crippen molar-refractivity contribution >= 4 is 11.5 Å². The van der Waals surface area contributed by atoms with Gasteiger partial charge in [0.1, 0.15) is 0 Å². The largest absolute Gasteiger partial charge is 0.409 e. The van der Waals surface area contributed by atoms with Crippen LogP contribution in [0.2, 0.25) is 0 Å². The second-order valence-corrected chi connectivity index (χ2v) is 5.24. The molecule has 0 saturated carbocycles. The van der Waals surface area contributed by atoms with Crippen LogP contribution in [0.3, 0.4) is 0 Å². The Labute approximate surface area is 114 Å². The van der Waals surface area contributed by atoms with Crippen molar-refractivity contribution in [2.24, 2.45) is 10.9 Å². The van der Waals surface area contributed by atoms with Crippen LogP contribution in [0.15, 0.2) is 29.4 Å². The highest BCUT2D eigenvalue weighted by Crippen LogP contribution is 2.22. The molecule has 1 heterocycles. The van der Waals surface area contributed by atoms with Crippen LogP contribution in [0.25, 0.3) is 0 Å². The first kappa shape index (κ1) is 13.7. The molecular weight excluding hydrogens is 240 g/mol. The van der Waals surface area contributed by atoms with Gasteiger partial charge in [-0.25, -0.2) is 0 Å². The third-order valence-electron chi connectivity index (χ3n) is 3.76. The molecule has 0 aliphatic carbocycles. The van der Waals surface area contributed by atoms with Crippen LogP contribution in [-0.4, -0.2) is 49.2 Å². The summed E-state index contributed by atoms with van der Waals surface area (Å²) in [5, 5.41) is 11.7. The number of nitrogens with two attached hydrogens (primary N) is 1. The maximum Gasteiger partial charge on any atom is 0.170 e. The first-order valence-electron chi connectivity index (χ1n) is 6.61. The minimum atomic E-state index is 0.149. The van der Waals surface area contributed by atoms with E-state index < -0.39 is 0 Å². The van der Waals surface area contributed by atoms with Crippen molar-refractivity contribution in [1.29, 1.82) is 0 Å². The van der Waals surface area contributed by atoms with Crippen molar-refractivity contribution in [2.75, 3.05) is 32.1 Å². The van der Waals surface area contributed by atoms with E-state index in [9.17, 15) is 0 Å². The summed E-state index contributed by atoms with van der Waals surface area (Å²) in [6.07, 6.45) is 2.47. The number of benzene rings is 1. The number of hydrogen-bond donors (Lipinski definition) is 2. The minimum Gasteiger partial charge on any atom is -0.409 e. The van der Waals surface area contributed by atoms with Gasteiger partial charge in [0.2, 0.25) is 0 Å². The lowest BCUT2D eigenvalue weighted by Crippen LogP contribution is -2.45. The molecule has 1 unspecified atom stereocenters. The lowest BCUT2D eigenvalue weighted by molar-refractivity contribution is 0.258. The van der Waals surface area contributed by atoms with Crippen molar-refractivity contribution < 1.29 is 5.21 Å². The van der Waals surface area contributed by atoms with E-state index >= 15 is 0 Å². The van der Waals surface area contributed by atoms with Gasteiger partial charge in [0.05, 0.1) is 0 Å². The minimum absolute atomic E-state index is 0.149. The summed E-state index contributed by atoms with van der Waals surface area (Å²) in [5.41, 5.74) is 7.50. The van der Waals surface area contributed by atoms with Crippen molar-refractivity contribution in [2.45, 2.75) is 18.9 Å². The van der Waals surface area contributed by atoms with Crippen molar-refractivity contribution in [3.63, 3.8) is 0 Å². The van der Waals surface area contributed by atoms with Crippen LogP contribution in [0.1, 0.15) is 18.4 Å². The Morgan fingerprint density at radius 1 is 1.37 bits per heavy atom. The smallest absolute Gasteiger partial charge is 0.170 e. The normalized spacial score (nSPS) is 20.9. The average molecular weight is 262 g/mol. The van der Waals surface area contributed by atoms with Gasteiger partial charge in [-0.2, -0.15) is 0 Å². The molecule has 5 heteroatoms. The maximum atomic E-state index is 8.65. The Morgan fingerprint density at radius 2 is 2.05 bits per heavy atom. The Kier molecular flexibility index (Phi) is 4.27. The predicted molar refractivity (Wildman–Crippen MR) is 77.9 cm³/mol. The van der Waals surface area contributed by atoms with Gasteiger partial charge in [-0.05, 0) is 51.2 Å². The fourth-order valence-electron chi connectivity index (χ4n) is 2.51. The monoisotopic (exact) mass is 262 g/mol. The van der Waals surface area contributed by atoms with Crippen LogP contribution in [0.4, 0.5) is 5.69 Å². The second kappa shape index (κ2) is 5.93. The molecule has 1 aliphatic heterocycles. The van der Waals surface area contributed by atoms with Gasteiger partial charge in [0, 0.05) is 30.4 Å². The zero-order valence-corrected chi connectivity index (χ0v) is 11.6. The lowest BCUT2D eigenvalue weighted by Gasteiger charge is -2.37. The summed E-state index contributed by atoms with van der Waals surface area (Å²) in [6.45, 7) is 2.14. The molecule has 0 amide bonds. The fraction of sp³-hybridized carbons (Fsp3) is 0.500. The van der Waals surface area contributed by atoms with Crippen LogP contribution < -0.4 is 10.6 Å². The molecule has 2 rings (SSSR count). The number of hydrogen-bond acceptors (Lipinski definition) is 4. The first-order valence-corrected chi connectivity index (χ1v) is 6.61.